The van der Waals surface area contributed by atoms with Crippen molar-refractivity contribution < 1.29 is 16.1 Å². The molecule has 0 amide bonds. The third-order valence-electron chi connectivity index (χ3n) is 1.94. The highest BCUT2D eigenvalue weighted by Crippen LogP contribution is 1.93. The molecule has 0 fully saturated rings. The number of aromatic amines is 2. The number of hydrogen-bond donors (Lipinski definition) is 3. The third kappa shape index (κ3) is 6.70. The molecule has 0 aliphatic rings. The molecule has 0 aliphatic heterocycles. The van der Waals surface area contributed by atoms with Crippen LogP contribution in [-0.2, 0) is 9.59 Å². The lowest BCUT2D eigenvalue weighted by molar-refractivity contribution is -0.131. The van der Waals surface area contributed by atoms with Gasteiger partial charge in [-0.05, 0) is 25.2 Å². The Kier molecular flexibility index (Phi) is 6.19. The van der Waals surface area contributed by atoms with Crippen LogP contribution in [0.2, 0.25) is 0 Å². The van der Waals surface area contributed by atoms with Crippen molar-refractivity contribution in [3.63, 3.8) is 0 Å². The highest BCUT2D eigenvalue weighted by molar-refractivity contribution is 5.91. The minimum absolute atomic E-state index is 0. The second-order valence-corrected chi connectivity index (χ2v) is 3.63. The summed E-state index contributed by atoms with van der Waals surface area (Å²) in [4.78, 5) is 33.4. The fourth-order valence-corrected chi connectivity index (χ4v) is 1.08. The number of nitrogens with one attached hydrogen (secondary N) is 2. The van der Waals surface area contributed by atoms with E-state index < -0.39 is 5.97 Å². The summed E-state index contributed by atoms with van der Waals surface area (Å²) in [7, 11) is 0. The molecule has 0 radical (unpaired) electrons. The fourth-order valence-electron chi connectivity index (χ4n) is 1.08. The van der Waals surface area contributed by atoms with Crippen LogP contribution < -0.4 is 0 Å². The maximum atomic E-state index is 10.4. The first-order valence-corrected chi connectivity index (χ1v) is 5.64. The van der Waals surface area contributed by atoms with Crippen LogP contribution in [0.1, 0.15) is 19.7 Å². The maximum absolute atomic E-state index is 10.4. The third-order valence-corrected chi connectivity index (χ3v) is 1.94. The van der Waals surface area contributed by atoms with Gasteiger partial charge in [-0.3, -0.25) is 4.79 Å². The first-order chi connectivity index (χ1) is 9.58. The van der Waals surface area contributed by atoms with E-state index in [0.717, 1.165) is 11.8 Å². The maximum Gasteiger partial charge on any atom is 1.00 e. The molecule has 3 N–H and O–H groups in total. The summed E-state index contributed by atoms with van der Waals surface area (Å²) in [6, 6.07) is 0. The molecule has 2 rings (SSSR count). The van der Waals surface area contributed by atoms with E-state index in [4.69, 9.17) is 5.11 Å². The number of H-pyrrole nitrogens is 2. The Balaban J connectivity index is 0.000000364. The molecule has 7 heteroatoms. The predicted molar refractivity (Wildman–Crippen MR) is 74.7 cm³/mol. The average molecular weight is 275 g/mol. The quantitative estimate of drug-likeness (QED) is 0.734. The largest absolute Gasteiger partial charge is 1.00 e. The molecule has 0 spiro atoms. The molecular formula is C13H15N4O3+. The molecule has 0 unspecified atom stereocenters. The Labute approximate surface area is 116 Å². The first-order valence-electron chi connectivity index (χ1n) is 5.64. The summed E-state index contributed by atoms with van der Waals surface area (Å²) in [5, 5.41) is 8.19. The Morgan fingerprint density at radius 2 is 1.60 bits per heavy atom. The van der Waals surface area contributed by atoms with Gasteiger partial charge in [0.15, 0.2) is 5.78 Å². The van der Waals surface area contributed by atoms with Crippen LogP contribution >= 0.6 is 0 Å². The van der Waals surface area contributed by atoms with Crippen LogP contribution in [0, 0.1) is 0 Å². The number of aliphatic carboxylic acids is 1. The fraction of sp³-hybridized carbons (Fsp3) is 0.0769. The van der Waals surface area contributed by atoms with Crippen LogP contribution in [0.25, 0.3) is 12.2 Å². The number of imidazole rings is 2. The van der Waals surface area contributed by atoms with Gasteiger partial charge in [0.1, 0.15) is 0 Å². The van der Waals surface area contributed by atoms with Crippen molar-refractivity contribution in [2.24, 2.45) is 0 Å². The van der Waals surface area contributed by atoms with E-state index in [-0.39, 0.29) is 7.21 Å². The molecular weight excluding hydrogens is 260 g/mol. The number of rotatable bonds is 4. The molecule has 0 atom stereocenters. The monoisotopic (exact) mass is 275 g/mol. The number of aromatic nitrogens is 4. The van der Waals surface area contributed by atoms with Gasteiger partial charge in [0.2, 0.25) is 0 Å². The smallest absolute Gasteiger partial charge is 0.478 e. The van der Waals surface area contributed by atoms with Crippen LogP contribution in [0.3, 0.4) is 0 Å². The number of carboxylic acid groups (broad SMARTS) is 1. The summed E-state index contributed by atoms with van der Waals surface area (Å²) >= 11 is 0. The molecule has 0 saturated heterocycles. The number of carbonyl (C=O) groups is 2. The molecule has 7 nitrogen and oxygen atoms in total. The molecule has 2 aromatic heterocycles. The molecule has 0 bridgehead atoms. The molecule has 2 heterocycles. The van der Waals surface area contributed by atoms with Crippen molar-refractivity contribution in [1.29, 1.82) is 0 Å². The van der Waals surface area contributed by atoms with Gasteiger partial charge in [-0.1, -0.05) is 0 Å². The minimum Gasteiger partial charge on any atom is -0.478 e. The molecule has 2 aromatic rings. The highest BCUT2D eigenvalue weighted by Gasteiger charge is 1.87. The van der Waals surface area contributed by atoms with Gasteiger partial charge in [-0.2, -0.15) is 0 Å². The molecule has 20 heavy (non-hydrogen) atoms. The Hall–Kier alpha value is -2.96. The van der Waals surface area contributed by atoms with E-state index in [1.807, 2.05) is 0 Å². The average Bonchev–Trinajstić information content (AvgIpc) is 3.08. The van der Waals surface area contributed by atoms with E-state index in [9.17, 15) is 9.59 Å². The lowest BCUT2D eigenvalue weighted by Crippen LogP contribution is -1.85. The number of nitrogens with zero attached hydrogens (tertiary/aromatic N) is 2. The van der Waals surface area contributed by atoms with Crippen LogP contribution in [0.15, 0.2) is 37.2 Å². The van der Waals surface area contributed by atoms with Crippen LogP contribution in [0.5, 0.6) is 0 Å². The summed E-state index contributed by atoms with van der Waals surface area (Å²) < 4.78 is 0. The number of carboxylic acids is 1. The van der Waals surface area contributed by atoms with Gasteiger partial charge < -0.3 is 15.1 Å². The van der Waals surface area contributed by atoms with E-state index >= 15 is 0 Å². The van der Waals surface area contributed by atoms with Gasteiger partial charge >= 0.3 is 7.40 Å². The van der Waals surface area contributed by atoms with Crippen molar-refractivity contribution in [3.05, 3.63) is 48.6 Å². The lowest BCUT2D eigenvalue weighted by Gasteiger charge is -1.79. The Morgan fingerprint density at radius 1 is 1.10 bits per heavy atom. The Bertz CT molecular complexity index is 535. The lowest BCUT2D eigenvalue weighted by atomic mass is 10.3. The highest BCUT2D eigenvalue weighted by atomic mass is 16.4. The van der Waals surface area contributed by atoms with Crippen molar-refractivity contribution >= 4 is 23.9 Å². The first kappa shape index (κ1) is 15.1. The zero-order chi connectivity index (χ0) is 14.8. The summed E-state index contributed by atoms with van der Waals surface area (Å²) in [6.07, 6.45) is 11.9. The van der Waals surface area contributed by atoms with Crippen molar-refractivity contribution in [2.45, 2.75) is 6.92 Å². The topological polar surface area (TPSA) is 112 Å². The number of hydrogen-bond acceptors (Lipinski definition) is 4. The van der Waals surface area contributed by atoms with E-state index in [1.54, 1.807) is 24.8 Å². The van der Waals surface area contributed by atoms with E-state index in [1.165, 1.54) is 25.4 Å². The normalized spacial score (nSPS) is 10.4. The SMILES string of the molecule is CC(=O)/C=C/c1cnc[nH]1.O=C(O)/C=C/c1cnc[nH]1.[H+]. The van der Waals surface area contributed by atoms with Gasteiger partial charge in [0.25, 0.3) is 0 Å². The second-order valence-electron chi connectivity index (χ2n) is 3.63. The van der Waals surface area contributed by atoms with E-state index in [2.05, 4.69) is 19.9 Å². The van der Waals surface area contributed by atoms with Crippen molar-refractivity contribution in [1.82, 2.24) is 19.9 Å². The summed E-state index contributed by atoms with van der Waals surface area (Å²) in [5.41, 5.74) is 1.53. The summed E-state index contributed by atoms with van der Waals surface area (Å²) in [5.74, 6) is -0.927. The van der Waals surface area contributed by atoms with Gasteiger partial charge in [-0.25, -0.2) is 14.8 Å². The zero-order valence-electron chi connectivity index (χ0n) is 11.8. The number of carbonyl (C=O) groups excluding carboxylic acids is 1. The van der Waals surface area contributed by atoms with Gasteiger partial charge in [0.05, 0.1) is 36.4 Å². The van der Waals surface area contributed by atoms with Crippen molar-refractivity contribution in [3.8, 4) is 0 Å². The molecule has 104 valence electrons. The Morgan fingerprint density at radius 3 is 1.95 bits per heavy atom. The van der Waals surface area contributed by atoms with Gasteiger partial charge in [0, 0.05) is 6.08 Å². The number of allylic oxidation sites excluding steroid dienone is 1. The van der Waals surface area contributed by atoms with Gasteiger partial charge in [-0.15, -0.1) is 0 Å². The molecule has 0 saturated carbocycles. The standard InChI is InChI=1S/C7H8N2O.C6H6N2O2/c1-6(10)2-3-7-4-8-5-9-7;9-6(10)2-1-5-3-7-4-8-5/h2-5H,1H3,(H,8,9);1-4H,(H,7,8)(H,9,10)/p+1/b3-2+;2-1+. The summed E-state index contributed by atoms with van der Waals surface area (Å²) in [6.45, 7) is 1.51. The van der Waals surface area contributed by atoms with Crippen molar-refractivity contribution in [2.75, 3.05) is 0 Å². The molecule has 0 aromatic carbocycles. The van der Waals surface area contributed by atoms with Crippen LogP contribution in [-0.4, -0.2) is 36.8 Å². The minimum atomic E-state index is -0.963. The van der Waals surface area contributed by atoms with E-state index in [0.29, 0.717) is 5.69 Å². The number of ketones is 1. The second kappa shape index (κ2) is 8.20. The van der Waals surface area contributed by atoms with Crippen LogP contribution in [0.4, 0.5) is 0 Å². The zero-order valence-corrected chi connectivity index (χ0v) is 10.8. The predicted octanol–water partition coefficient (Wildman–Crippen LogP) is 1.63. The molecule has 0 aliphatic carbocycles.